The first-order valence-corrected chi connectivity index (χ1v) is 5.10. The summed E-state index contributed by atoms with van der Waals surface area (Å²) in [5, 5.41) is 17.4. The van der Waals surface area contributed by atoms with E-state index in [9.17, 15) is 4.79 Å². The number of aliphatic carboxylic acids is 1. The molecule has 1 rings (SSSR count). The van der Waals surface area contributed by atoms with E-state index in [0.717, 1.165) is 0 Å². The highest BCUT2D eigenvalue weighted by Gasteiger charge is 2.30. The highest BCUT2D eigenvalue weighted by atomic mass is 16.5. The number of ether oxygens (including phenoxy) is 1. The quantitative estimate of drug-likeness (QED) is 0.733. The molecular weight excluding hydrogens is 196 g/mol. The van der Waals surface area contributed by atoms with Crippen molar-refractivity contribution in [1.29, 1.82) is 5.26 Å². The van der Waals surface area contributed by atoms with Crippen LogP contribution in [0.4, 0.5) is 0 Å². The van der Waals surface area contributed by atoms with Crippen LogP contribution in [0, 0.1) is 11.3 Å². The van der Waals surface area contributed by atoms with Gasteiger partial charge in [-0.1, -0.05) is 0 Å². The Kier molecular flexibility index (Phi) is 4.53. The molecule has 0 aromatic carbocycles. The third-order valence-corrected chi connectivity index (χ3v) is 2.72. The smallest absolute Gasteiger partial charge is 0.320 e. The molecule has 5 heteroatoms. The summed E-state index contributed by atoms with van der Waals surface area (Å²) in [6.45, 7) is 3.40. The maximum absolute atomic E-state index is 10.9. The molecule has 1 N–H and O–H groups in total. The van der Waals surface area contributed by atoms with Crippen molar-refractivity contribution >= 4 is 5.97 Å². The Morgan fingerprint density at radius 1 is 1.80 bits per heavy atom. The highest BCUT2D eigenvalue weighted by molar-refractivity contribution is 5.72. The second-order valence-corrected chi connectivity index (χ2v) is 3.68. The molecule has 0 aromatic rings. The summed E-state index contributed by atoms with van der Waals surface area (Å²) in [4.78, 5) is 12.8. The number of hydrogen-bond acceptors (Lipinski definition) is 4. The third-order valence-electron chi connectivity index (χ3n) is 2.72. The Balaban J connectivity index is 2.57. The van der Waals surface area contributed by atoms with Gasteiger partial charge in [-0.25, -0.2) is 0 Å². The summed E-state index contributed by atoms with van der Waals surface area (Å²) >= 11 is 0. The molecule has 0 bridgehead atoms. The van der Waals surface area contributed by atoms with Gasteiger partial charge < -0.3 is 9.84 Å². The zero-order valence-corrected chi connectivity index (χ0v) is 8.85. The Morgan fingerprint density at radius 2 is 2.53 bits per heavy atom. The first-order valence-electron chi connectivity index (χ1n) is 5.10. The molecule has 1 aliphatic heterocycles. The van der Waals surface area contributed by atoms with Crippen molar-refractivity contribution in [1.82, 2.24) is 4.90 Å². The van der Waals surface area contributed by atoms with Crippen molar-refractivity contribution in [2.45, 2.75) is 31.8 Å². The molecule has 84 valence electrons. The molecule has 1 fully saturated rings. The molecule has 1 heterocycles. The molecule has 15 heavy (non-hydrogen) atoms. The Labute approximate surface area is 89.2 Å². The van der Waals surface area contributed by atoms with E-state index in [1.165, 1.54) is 0 Å². The van der Waals surface area contributed by atoms with Crippen molar-refractivity contribution in [2.24, 2.45) is 0 Å². The zero-order chi connectivity index (χ0) is 11.3. The fourth-order valence-corrected chi connectivity index (χ4v) is 1.80. The van der Waals surface area contributed by atoms with E-state index in [0.29, 0.717) is 32.6 Å². The summed E-state index contributed by atoms with van der Waals surface area (Å²) in [6.07, 6.45) is 1.12. The summed E-state index contributed by atoms with van der Waals surface area (Å²) in [5.74, 6) is -0.821. The number of carbonyl (C=O) groups is 1. The lowest BCUT2D eigenvalue weighted by molar-refractivity contribution is -0.146. The van der Waals surface area contributed by atoms with Gasteiger partial charge >= 0.3 is 5.97 Å². The van der Waals surface area contributed by atoms with Crippen LogP contribution in [0.2, 0.25) is 0 Å². The molecule has 0 amide bonds. The predicted molar refractivity (Wildman–Crippen MR) is 53.3 cm³/mol. The van der Waals surface area contributed by atoms with E-state index in [1.54, 1.807) is 6.92 Å². The molecule has 1 aliphatic rings. The Hall–Kier alpha value is -1.12. The molecule has 1 saturated heterocycles. The molecular formula is C10H16N2O3. The third kappa shape index (κ3) is 3.18. The predicted octanol–water partition coefficient (Wildman–Crippen LogP) is 0.464. The van der Waals surface area contributed by atoms with Crippen LogP contribution in [0.5, 0.6) is 0 Å². The van der Waals surface area contributed by atoms with Crippen LogP contribution in [-0.4, -0.2) is 47.8 Å². The second kappa shape index (κ2) is 5.69. The summed E-state index contributed by atoms with van der Waals surface area (Å²) < 4.78 is 5.30. The average Bonchev–Trinajstić information content (AvgIpc) is 2.25. The Bertz CT molecular complexity index is 262. The minimum absolute atomic E-state index is 0.0597. The van der Waals surface area contributed by atoms with Crippen LogP contribution in [-0.2, 0) is 9.53 Å². The minimum atomic E-state index is -0.821. The number of hydrogen-bond donors (Lipinski definition) is 1. The largest absolute Gasteiger partial charge is 0.480 e. The number of nitriles is 1. The maximum Gasteiger partial charge on any atom is 0.320 e. The molecule has 2 unspecified atom stereocenters. The standard InChI is InChI=1S/C10H16N2O3/c1-8(10(13)14)12-5-6-15-7-9(12)3-2-4-11/h8-9H,2-3,5-7H2,1H3,(H,13,14). The SMILES string of the molecule is CC(C(=O)O)N1CCOCC1CCC#N. The van der Waals surface area contributed by atoms with Crippen LogP contribution in [0.1, 0.15) is 19.8 Å². The van der Waals surface area contributed by atoms with E-state index >= 15 is 0 Å². The Morgan fingerprint density at radius 3 is 3.13 bits per heavy atom. The topological polar surface area (TPSA) is 73.6 Å². The lowest BCUT2D eigenvalue weighted by Gasteiger charge is -2.37. The fraction of sp³-hybridized carbons (Fsp3) is 0.800. The molecule has 0 aliphatic carbocycles. The summed E-state index contributed by atoms with van der Waals surface area (Å²) in [6, 6.07) is 1.63. The van der Waals surface area contributed by atoms with E-state index in [4.69, 9.17) is 15.1 Å². The number of rotatable bonds is 4. The number of nitrogens with zero attached hydrogens (tertiary/aromatic N) is 2. The van der Waals surface area contributed by atoms with Gasteiger partial charge in [0.2, 0.25) is 0 Å². The molecule has 0 saturated carbocycles. The maximum atomic E-state index is 10.9. The van der Waals surface area contributed by atoms with Crippen LogP contribution in [0.25, 0.3) is 0 Å². The van der Waals surface area contributed by atoms with Crippen molar-refractivity contribution in [3.63, 3.8) is 0 Å². The summed E-state index contributed by atoms with van der Waals surface area (Å²) in [7, 11) is 0. The fourth-order valence-electron chi connectivity index (χ4n) is 1.80. The number of carboxylic acid groups (broad SMARTS) is 1. The monoisotopic (exact) mass is 212 g/mol. The van der Waals surface area contributed by atoms with E-state index in [1.807, 2.05) is 4.90 Å². The van der Waals surface area contributed by atoms with E-state index < -0.39 is 12.0 Å². The van der Waals surface area contributed by atoms with Gasteiger partial charge in [-0.2, -0.15) is 5.26 Å². The van der Waals surface area contributed by atoms with Gasteiger partial charge in [-0.15, -0.1) is 0 Å². The lowest BCUT2D eigenvalue weighted by atomic mass is 10.1. The molecule has 5 nitrogen and oxygen atoms in total. The van der Waals surface area contributed by atoms with Crippen LogP contribution >= 0.6 is 0 Å². The minimum Gasteiger partial charge on any atom is -0.480 e. The highest BCUT2D eigenvalue weighted by Crippen LogP contribution is 2.15. The van der Waals surface area contributed by atoms with Crippen molar-refractivity contribution in [3.05, 3.63) is 0 Å². The molecule has 0 aromatic heterocycles. The first-order chi connectivity index (χ1) is 7.16. The van der Waals surface area contributed by atoms with Crippen molar-refractivity contribution in [3.8, 4) is 6.07 Å². The normalized spacial score (nSPS) is 24.4. The second-order valence-electron chi connectivity index (χ2n) is 3.68. The van der Waals surface area contributed by atoms with Crippen LogP contribution in [0.15, 0.2) is 0 Å². The van der Waals surface area contributed by atoms with Gasteiger partial charge in [0.1, 0.15) is 6.04 Å². The molecule has 0 radical (unpaired) electrons. The molecule has 2 atom stereocenters. The zero-order valence-electron chi connectivity index (χ0n) is 8.85. The van der Waals surface area contributed by atoms with Gasteiger partial charge in [-0.3, -0.25) is 9.69 Å². The van der Waals surface area contributed by atoms with Gasteiger partial charge in [-0.05, 0) is 13.3 Å². The molecule has 0 spiro atoms. The van der Waals surface area contributed by atoms with Gasteiger partial charge in [0.25, 0.3) is 0 Å². The summed E-state index contributed by atoms with van der Waals surface area (Å²) in [5.41, 5.74) is 0. The lowest BCUT2D eigenvalue weighted by Crippen LogP contribution is -2.52. The van der Waals surface area contributed by atoms with Crippen LogP contribution in [0.3, 0.4) is 0 Å². The number of carboxylic acids is 1. The van der Waals surface area contributed by atoms with E-state index in [-0.39, 0.29) is 6.04 Å². The van der Waals surface area contributed by atoms with Gasteiger partial charge in [0.05, 0.1) is 19.3 Å². The van der Waals surface area contributed by atoms with Crippen molar-refractivity contribution < 1.29 is 14.6 Å². The first kappa shape index (κ1) is 12.0. The van der Waals surface area contributed by atoms with E-state index in [2.05, 4.69) is 6.07 Å². The average molecular weight is 212 g/mol. The van der Waals surface area contributed by atoms with Gasteiger partial charge in [0, 0.05) is 19.0 Å². The number of morpholine rings is 1. The van der Waals surface area contributed by atoms with Crippen LogP contribution < -0.4 is 0 Å². The van der Waals surface area contributed by atoms with Crippen molar-refractivity contribution in [2.75, 3.05) is 19.8 Å². The van der Waals surface area contributed by atoms with Gasteiger partial charge in [0.15, 0.2) is 0 Å².